The van der Waals surface area contributed by atoms with Crippen molar-refractivity contribution in [2.45, 2.75) is 51.2 Å². The van der Waals surface area contributed by atoms with E-state index in [9.17, 15) is 18.4 Å². The van der Waals surface area contributed by atoms with Gasteiger partial charge in [-0.2, -0.15) is 0 Å². The van der Waals surface area contributed by atoms with E-state index in [0.29, 0.717) is 25.9 Å². The molecule has 0 saturated carbocycles. The minimum absolute atomic E-state index is 0.0296. The van der Waals surface area contributed by atoms with Crippen molar-refractivity contribution in [3.8, 4) is 0 Å². The Morgan fingerprint density at radius 1 is 1.24 bits per heavy atom. The number of amides is 2. The van der Waals surface area contributed by atoms with Crippen molar-refractivity contribution < 1.29 is 33.0 Å². The standard InChI is InChI=1S/C20H26F2N2O5/c1-20(2,3)29-18(26)23-6-4-12(5-7-23)17-15(21)8-13(9-16(17)22)24-10-14(11-25)28-19(24)27/h8-9,12,14,25H,4-7,10-11H2,1-3H3. The summed E-state index contributed by atoms with van der Waals surface area (Å²) in [6.07, 6.45) is -1.08. The molecule has 2 heterocycles. The first-order chi connectivity index (χ1) is 13.6. The zero-order valence-electron chi connectivity index (χ0n) is 16.8. The Morgan fingerprint density at radius 3 is 2.31 bits per heavy atom. The number of rotatable bonds is 3. The molecule has 9 heteroatoms. The number of cyclic esters (lactones) is 1. The molecule has 0 aromatic heterocycles. The van der Waals surface area contributed by atoms with Crippen molar-refractivity contribution in [3.05, 3.63) is 29.3 Å². The minimum Gasteiger partial charge on any atom is -0.444 e. The van der Waals surface area contributed by atoms with Gasteiger partial charge < -0.3 is 19.5 Å². The largest absolute Gasteiger partial charge is 0.444 e. The van der Waals surface area contributed by atoms with Crippen LogP contribution in [0.3, 0.4) is 0 Å². The second-order valence-corrected chi connectivity index (χ2v) is 8.36. The van der Waals surface area contributed by atoms with E-state index in [1.54, 1.807) is 25.7 Å². The maximum atomic E-state index is 14.8. The Kier molecular flexibility index (Phi) is 5.97. The summed E-state index contributed by atoms with van der Waals surface area (Å²) in [6, 6.07) is 2.22. The topological polar surface area (TPSA) is 79.3 Å². The Bertz CT molecular complexity index is 765. The van der Waals surface area contributed by atoms with Gasteiger partial charge in [0.1, 0.15) is 23.3 Å². The molecule has 2 aliphatic heterocycles. The van der Waals surface area contributed by atoms with Crippen LogP contribution in [0.15, 0.2) is 12.1 Å². The summed E-state index contributed by atoms with van der Waals surface area (Å²) >= 11 is 0. The molecule has 1 aromatic carbocycles. The number of halogens is 2. The predicted molar refractivity (Wildman–Crippen MR) is 101 cm³/mol. The molecule has 2 amide bonds. The molecule has 2 saturated heterocycles. The second-order valence-electron chi connectivity index (χ2n) is 8.36. The summed E-state index contributed by atoms with van der Waals surface area (Å²) < 4.78 is 39.8. The number of hydrogen-bond acceptors (Lipinski definition) is 5. The fourth-order valence-electron chi connectivity index (χ4n) is 3.62. The van der Waals surface area contributed by atoms with Crippen molar-refractivity contribution in [3.63, 3.8) is 0 Å². The van der Waals surface area contributed by atoms with Gasteiger partial charge in [-0.25, -0.2) is 18.4 Å². The van der Waals surface area contributed by atoms with E-state index in [-0.39, 0.29) is 30.3 Å². The number of carbonyl (C=O) groups excluding carboxylic acids is 2. The highest BCUT2D eigenvalue weighted by Gasteiger charge is 2.34. The van der Waals surface area contributed by atoms with Gasteiger partial charge in [0, 0.05) is 18.7 Å². The summed E-state index contributed by atoms with van der Waals surface area (Å²) in [4.78, 5) is 26.6. The summed E-state index contributed by atoms with van der Waals surface area (Å²) in [6.45, 7) is 5.70. The van der Waals surface area contributed by atoms with Crippen LogP contribution in [0.25, 0.3) is 0 Å². The molecule has 1 unspecified atom stereocenters. The van der Waals surface area contributed by atoms with Crippen molar-refractivity contribution >= 4 is 17.9 Å². The molecule has 7 nitrogen and oxygen atoms in total. The quantitative estimate of drug-likeness (QED) is 0.823. The molecule has 3 rings (SSSR count). The first kappa shape index (κ1) is 21.3. The Labute approximate surface area is 168 Å². The lowest BCUT2D eigenvalue weighted by molar-refractivity contribution is 0.0203. The summed E-state index contributed by atoms with van der Waals surface area (Å²) in [7, 11) is 0. The van der Waals surface area contributed by atoms with Gasteiger partial charge in [-0.3, -0.25) is 4.90 Å². The van der Waals surface area contributed by atoms with Gasteiger partial charge in [-0.15, -0.1) is 0 Å². The molecule has 0 aliphatic carbocycles. The average molecular weight is 412 g/mol. The van der Waals surface area contributed by atoms with Gasteiger partial charge in [0.05, 0.1) is 18.8 Å². The minimum atomic E-state index is -0.749. The highest BCUT2D eigenvalue weighted by molar-refractivity contribution is 5.89. The monoisotopic (exact) mass is 412 g/mol. The van der Waals surface area contributed by atoms with Crippen molar-refractivity contribution in [2.75, 3.05) is 31.1 Å². The van der Waals surface area contributed by atoms with E-state index in [1.165, 1.54) is 0 Å². The number of anilines is 1. The number of hydrogen-bond donors (Lipinski definition) is 1. The molecule has 2 fully saturated rings. The number of benzene rings is 1. The number of nitrogens with zero attached hydrogens (tertiary/aromatic N) is 2. The molecular formula is C20H26F2N2O5. The molecule has 2 aliphatic rings. The zero-order valence-corrected chi connectivity index (χ0v) is 16.8. The van der Waals surface area contributed by atoms with Gasteiger partial charge in [0.15, 0.2) is 0 Å². The lowest BCUT2D eigenvalue weighted by Crippen LogP contribution is -2.41. The third kappa shape index (κ3) is 4.77. The van der Waals surface area contributed by atoms with Gasteiger partial charge in [-0.1, -0.05) is 0 Å². The number of aliphatic hydroxyl groups is 1. The Balaban J connectivity index is 1.70. The third-order valence-corrected chi connectivity index (χ3v) is 5.01. The van der Waals surface area contributed by atoms with Crippen LogP contribution in [0.2, 0.25) is 0 Å². The van der Waals surface area contributed by atoms with Crippen LogP contribution >= 0.6 is 0 Å². The predicted octanol–water partition coefficient (Wildman–Crippen LogP) is 3.40. The number of aliphatic hydroxyl groups excluding tert-OH is 1. The van der Waals surface area contributed by atoms with Crippen LogP contribution in [0.4, 0.5) is 24.1 Å². The van der Waals surface area contributed by atoms with Crippen molar-refractivity contribution in [1.82, 2.24) is 4.90 Å². The molecule has 29 heavy (non-hydrogen) atoms. The maximum Gasteiger partial charge on any atom is 0.414 e. The van der Waals surface area contributed by atoms with Crippen LogP contribution in [-0.4, -0.2) is 60.1 Å². The maximum absolute atomic E-state index is 14.8. The van der Waals surface area contributed by atoms with Gasteiger partial charge in [0.25, 0.3) is 0 Å². The lowest BCUT2D eigenvalue weighted by Gasteiger charge is -2.34. The summed E-state index contributed by atoms with van der Waals surface area (Å²) in [5.74, 6) is -1.86. The van der Waals surface area contributed by atoms with Crippen LogP contribution in [0, 0.1) is 11.6 Å². The molecule has 1 aromatic rings. The number of likely N-dealkylation sites (tertiary alicyclic amines) is 1. The fourth-order valence-corrected chi connectivity index (χ4v) is 3.62. The summed E-state index contributed by atoms with van der Waals surface area (Å²) in [5, 5.41) is 9.11. The number of ether oxygens (including phenoxy) is 2. The molecule has 0 radical (unpaired) electrons. The summed E-state index contributed by atoms with van der Waals surface area (Å²) in [5.41, 5.74) is -0.590. The van der Waals surface area contributed by atoms with E-state index >= 15 is 0 Å². The smallest absolute Gasteiger partial charge is 0.414 e. The highest BCUT2D eigenvalue weighted by atomic mass is 19.1. The van der Waals surface area contributed by atoms with E-state index in [4.69, 9.17) is 14.6 Å². The fraction of sp³-hybridized carbons (Fsp3) is 0.600. The molecule has 1 atom stereocenters. The second kappa shape index (κ2) is 8.14. The van der Waals surface area contributed by atoms with Gasteiger partial charge in [-0.05, 0) is 51.7 Å². The molecule has 0 spiro atoms. The van der Waals surface area contributed by atoms with E-state index in [2.05, 4.69) is 0 Å². The third-order valence-electron chi connectivity index (χ3n) is 5.01. The SMILES string of the molecule is CC(C)(C)OC(=O)N1CCC(c2c(F)cc(N3CC(CO)OC3=O)cc2F)CC1. The van der Waals surface area contributed by atoms with E-state index < -0.39 is 35.5 Å². The van der Waals surface area contributed by atoms with E-state index in [0.717, 1.165) is 17.0 Å². The van der Waals surface area contributed by atoms with Crippen molar-refractivity contribution in [1.29, 1.82) is 0 Å². The molecular weight excluding hydrogens is 386 g/mol. The number of piperidine rings is 1. The molecule has 0 bridgehead atoms. The van der Waals surface area contributed by atoms with E-state index in [1.807, 2.05) is 0 Å². The average Bonchev–Trinajstić information content (AvgIpc) is 3.01. The Morgan fingerprint density at radius 2 is 1.83 bits per heavy atom. The zero-order chi connectivity index (χ0) is 21.3. The van der Waals surface area contributed by atoms with Crippen LogP contribution in [-0.2, 0) is 9.47 Å². The first-order valence-corrected chi connectivity index (χ1v) is 9.65. The van der Waals surface area contributed by atoms with Crippen LogP contribution in [0.5, 0.6) is 0 Å². The molecule has 160 valence electrons. The first-order valence-electron chi connectivity index (χ1n) is 9.65. The van der Waals surface area contributed by atoms with Crippen LogP contribution in [0.1, 0.15) is 45.1 Å². The Hall–Kier alpha value is -2.42. The number of carbonyl (C=O) groups is 2. The molecule has 1 N–H and O–H groups in total. The lowest BCUT2D eigenvalue weighted by atomic mass is 9.88. The van der Waals surface area contributed by atoms with Crippen molar-refractivity contribution in [2.24, 2.45) is 0 Å². The van der Waals surface area contributed by atoms with Gasteiger partial charge in [0.2, 0.25) is 0 Å². The highest BCUT2D eigenvalue weighted by Crippen LogP contribution is 2.35. The van der Waals surface area contributed by atoms with Crippen LogP contribution < -0.4 is 4.90 Å². The normalized spacial score (nSPS) is 20.8. The van der Waals surface area contributed by atoms with Gasteiger partial charge >= 0.3 is 12.2 Å².